The zero-order valence-electron chi connectivity index (χ0n) is 12.4. The second-order valence-corrected chi connectivity index (χ2v) is 6.75. The smallest absolute Gasteiger partial charge is 0.122 e. The molecule has 0 bridgehead atoms. The molecule has 1 heterocycles. The van der Waals surface area contributed by atoms with Crippen molar-refractivity contribution in [3.8, 4) is 5.75 Å². The first-order valence-corrected chi connectivity index (χ1v) is 8.50. The van der Waals surface area contributed by atoms with Crippen LogP contribution in [0.2, 0.25) is 0 Å². The van der Waals surface area contributed by atoms with E-state index < -0.39 is 6.10 Å². The molecule has 0 amide bonds. The second-order valence-electron chi connectivity index (χ2n) is 5.53. The molecule has 4 heteroatoms. The van der Waals surface area contributed by atoms with E-state index in [0.717, 1.165) is 11.3 Å². The van der Waals surface area contributed by atoms with Crippen LogP contribution in [0, 0.1) is 13.8 Å². The Balaban J connectivity index is 1.70. The number of aliphatic hydroxyl groups is 1. The van der Waals surface area contributed by atoms with E-state index in [1.54, 1.807) is 0 Å². The number of aryl methyl sites for hydroxylation is 2. The summed E-state index contributed by atoms with van der Waals surface area (Å²) >= 11 is 2.02. The minimum Gasteiger partial charge on any atom is -0.491 e. The third-order valence-corrected chi connectivity index (χ3v) is 4.67. The van der Waals surface area contributed by atoms with Crippen LogP contribution in [0.25, 0.3) is 0 Å². The summed E-state index contributed by atoms with van der Waals surface area (Å²) in [5.41, 5.74) is 2.35. The van der Waals surface area contributed by atoms with Gasteiger partial charge in [0, 0.05) is 12.6 Å². The lowest BCUT2D eigenvalue weighted by Crippen LogP contribution is -2.39. The molecule has 1 saturated heterocycles. The van der Waals surface area contributed by atoms with Crippen molar-refractivity contribution in [2.75, 3.05) is 24.7 Å². The van der Waals surface area contributed by atoms with Gasteiger partial charge in [-0.2, -0.15) is 11.8 Å². The van der Waals surface area contributed by atoms with Crippen LogP contribution in [0.4, 0.5) is 0 Å². The van der Waals surface area contributed by atoms with Gasteiger partial charge in [-0.3, -0.25) is 0 Å². The fourth-order valence-corrected chi connectivity index (χ4v) is 3.52. The summed E-state index contributed by atoms with van der Waals surface area (Å²) in [4.78, 5) is 0. The van der Waals surface area contributed by atoms with E-state index in [1.165, 1.54) is 29.9 Å². The maximum Gasteiger partial charge on any atom is 0.122 e. The van der Waals surface area contributed by atoms with Crippen LogP contribution < -0.4 is 10.1 Å². The normalized spacial score (nSPS) is 17.9. The molecule has 1 aromatic carbocycles. The Labute approximate surface area is 126 Å². The summed E-state index contributed by atoms with van der Waals surface area (Å²) in [6.45, 7) is 5.06. The van der Waals surface area contributed by atoms with Crippen molar-refractivity contribution < 1.29 is 9.84 Å². The number of hydrogen-bond acceptors (Lipinski definition) is 4. The first-order valence-electron chi connectivity index (χ1n) is 7.34. The Morgan fingerprint density at radius 3 is 2.80 bits per heavy atom. The third-order valence-electron chi connectivity index (χ3n) is 3.63. The highest BCUT2D eigenvalue weighted by Crippen LogP contribution is 2.19. The molecular weight excluding hydrogens is 270 g/mol. The molecule has 1 aliphatic heterocycles. The van der Waals surface area contributed by atoms with Gasteiger partial charge in [0.05, 0.1) is 0 Å². The maximum absolute atomic E-state index is 9.99. The van der Waals surface area contributed by atoms with Crippen LogP contribution in [0.3, 0.4) is 0 Å². The highest BCUT2D eigenvalue weighted by atomic mass is 32.2. The number of rotatable bonds is 6. The predicted molar refractivity (Wildman–Crippen MR) is 85.8 cm³/mol. The van der Waals surface area contributed by atoms with Gasteiger partial charge in [-0.1, -0.05) is 17.7 Å². The standard InChI is InChI=1S/C16H25NO2S/c1-12-3-4-16(13(2)9-12)19-11-15(18)10-17-14-5-7-20-8-6-14/h3-4,9,14-15,17-18H,5-8,10-11H2,1-2H3/t15-/m1/s1. The quantitative estimate of drug-likeness (QED) is 0.846. The zero-order valence-corrected chi connectivity index (χ0v) is 13.2. The molecule has 3 nitrogen and oxygen atoms in total. The Morgan fingerprint density at radius 2 is 2.10 bits per heavy atom. The average molecular weight is 295 g/mol. The lowest BCUT2D eigenvalue weighted by atomic mass is 10.1. The summed E-state index contributed by atoms with van der Waals surface area (Å²) in [7, 11) is 0. The van der Waals surface area contributed by atoms with Crippen LogP contribution in [0.1, 0.15) is 24.0 Å². The summed E-state index contributed by atoms with van der Waals surface area (Å²) < 4.78 is 5.70. The first kappa shape index (κ1) is 15.7. The van der Waals surface area contributed by atoms with Gasteiger partial charge in [0.1, 0.15) is 18.5 Å². The van der Waals surface area contributed by atoms with E-state index in [-0.39, 0.29) is 0 Å². The van der Waals surface area contributed by atoms with Crippen molar-refractivity contribution in [1.82, 2.24) is 5.32 Å². The maximum atomic E-state index is 9.99. The van der Waals surface area contributed by atoms with Crippen molar-refractivity contribution in [2.24, 2.45) is 0 Å². The molecule has 0 aliphatic carbocycles. The van der Waals surface area contributed by atoms with Crippen LogP contribution >= 0.6 is 11.8 Å². The van der Waals surface area contributed by atoms with E-state index in [2.05, 4.69) is 18.3 Å². The molecule has 0 saturated carbocycles. The first-order chi connectivity index (χ1) is 9.65. The van der Waals surface area contributed by atoms with E-state index in [1.807, 2.05) is 30.8 Å². The molecule has 112 valence electrons. The predicted octanol–water partition coefficient (Wildman–Crippen LogP) is 2.53. The lowest BCUT2D eigenvalue weighted by Gasteiger charge is -2.24. The molecular formula is C16H25NO2S. The van der Waals surface area contributed by atoms with Crippen LogP contribution in [0.15, 0.2) is 18.2 Å². The van der Waals surface area contributed by atoms with Crippen molar-refractivity contribution in [2.45, 2.75) is 38.8 Å². The highest BCUT2D eigenvalue weighted by Gasteiger charge is 2.15. The van der Waals surface area contributed by atoms with Crippen LogP contribution in [-0.2, 0) is 0 Å². The molecule has 2 N–H and O–H groups in total. The van der Waals surface area contributed by atoms with Crippen LogP contribution in [-0.4, -0.2) is 41.9 Å². The third kappa shape index (κ3) is 5.00. The number of hydrogen-bond donors (Lipinski definition) is 2. The molecule has 2 rings (SSSR count). The minimum absolute atomic E-state index is 0.346. The van der Waals surface area contributed by atoms with Crippen molar-refractivity contribution in [3.63, 3.8) is 0 Å². The van der Waals surface area contributed by atoms with Gasteiger partial charge in [0.15, 0.2) is 0 Å². The average Bonchev–Trinajstić information content (AvgIpc) is 2.45. The zero-order chi connectivity index (χ0) is 14.4. The van der Waals surface area contributed by atoms with Gasteiger partial charge in [0.2, 0.25) is 0 Å². The van der Waals surface area contributed by atoms with Gasteiger partial charge in [0.25, 0.3) is 0 Å². The molecule has 0 unspecified atom stereocenters. The molecule has 0 spiro atoms. The van der Waals surface area contributed by atoms with Gasteiger partial charge in [-0.05, 0) is 49.8 Å². The summed E-state index contributed by atoms with van der Waals surface area (Å²) in [5, 5.41) is 13.4. The topological polar surface area (TPSA) is 41.5 Å². The molecule has 1 fully saturated rings. The molecule has 1 aliphatic rings. The van der Waals surface area contributed by atoms with Crippen molar-refractivity contribution in [3.05, 3.63) is 29.3 Å². The van der Waals surface area contributed by atoms with Gasteiger partial charge >= 0.3 is 0 Å². The largest absolute Gasteiger partial charge is 0.491 e. The van der Waals surface area contributed by atoms with Gasteiger partial charge in [-0.15, -0.1) is 0 Å². The summed E-state index contributed by atoms with van der Waals surface area (Å²) in [5.74, 6) is 3.32. The van der Waals surface area contributed by atoms with Gasteiger partial charge < -0.3 is 15.2 Å². The number of nitrogens with one attached hydrogen (secondary N) is 1. The monoisotopic (exact) mass is 295 g/mol. The van der Waals surface area contributed by atoms with Gasteiger partial charge in [-0.25, -0.2) is 0 Å². The van der Waals surface area contributed by atoms with E-state index in [9.17, 15) is 5.11 Å². The Morgan fingerprint density at radius 1 is 1.35 bits per heavy atom. The Hall–Kier alpha value is -0.710. The molecule has 1 atom stereocenters. The molecule has 0 radical (unpaired) electrons. The number of benzene rings is 1. The summed E-state index contributed by atoms with van der Waals surface area (Å²) in [6, 6.07) is 6.67. The Kier molecular flexibility index (Phi) is 6.20. The second kappa shape index (κ2) is 7.91. The fourth-order valence-electron chi connectivity index (χ4n) is 2.41. The van der Waals surface area contributed by atoms with E-state index in [4.69, 9.17) is 4.74 Å². The molecule has 0 aromatic heterocycles. The van der Waals surface area contributed by atoms with Crippen molar-refractivity contribution >= 4 is 11.8 Å². The minimum atomic E-state index is -0.453. The fraction of sp³-hybridized carbons (Fsp3) is 0.625. The van der Waals surface area contributed by atoms with E-state index >= 15 is 0 Å². The summed E-state index contributed by atoms with van der Waals surface area (Å²) in [6.07, 6.45) is 1.95. The highest BCUT2D eigenvalue weighted by molar-refractivity contribution is 7.99. The number of aliphatic hydroxyl groups excluding tert-OH is 1. The van der Waals surface area contributed by atoms with Crippen molar-refractivity contribution in [1.29, 1.82) is 0 Å². The molecule has 20 heavy (non-hydrogen) atoms. The van der Waals surface area contributed by atoms with Crippen LogP contribution in [0.5, 0.6) is 5.75 Å². The lowest BCUT2D eigenvalue weighted by molar-refractivity contribution is 0.103. The Bertz CT molecular complexity index is 419. The van der Waals surface area contributed by atoms with E-state index in [0.29, 0.717) is 19.2 Å². The number of ether oxygens (including phenoxy) is 1. The SMILES string of the molecule is Cc1ccc(OC[C@H](O)CNC2CCSCC2)c(C)c1. The number of thioether (sulfide) groups is 1. The molecule has 1 aromatic rings.